The Bertz CT molecular complexity index is 1220. The van der Waals surface area contributed by atoms with E-state index in [0.29, 0.717) is 0 Å². The van der Waals surface area contributed by atoms with Gasteiger partial charge in [-0.2, -0.15) is 0 Å². The van der Waals surface area contributed by atoms with Crippen molar-refractivity contribution in [1.29, 1.82) is 0 Å². The fourth-order valence-electron chi connectivity index (χ4n) is 3.88. The fraction of sp³-hybridized carbons (Fsp3) is 0.125. The number of aromatic nitrogens is 1. The average molecular weight is 373 g/mol. The number of hydrogen-bond donors (Lipinski definition) is 1. The summed E-state index contributed by atoms with van der Waals surface area (Å²) >= 11 is 0. The highest BCUT2D eigenvalue weighted by molar-refractivity contribution is 6.07. The first-order chi connectivity index (χ1) is 13.5. The van der Waals surface area contributed by atoms with Crippen molar-refractivity contribution in [3.8, 4) is 11.1 Å². The van der Waals surface area contributed by atoms with Crippen LogP contribution in [0.25, 0.3) is 33.5 Å². The van der Waals surface area contributed by atoms with Crippen LogP contribution in [0, 0.1) is 5.82 Å². The molecular weight excluding hydrogens is 353 g/mol. The van der Waals surface area contributed by atoms with Crippen molar-refractivity contribution in [1.82, 2.24) is 4.40 Å². The lowest BCUT2D eigenvalue weighted by molar-refractivity contribution is -0.131. The summed E-state index contributed by atoms with van der Waals surface area (Å²) in [6.07, 6.45) is 4.84. The first kappa shape index (κ1) is 18.0. The van der Waals surface area contributed by atoms with Gasteiger partial charge >= 0.3 is 5.97 Å². The van der Waals surface area contributed by atoms with E-state index in [4.69, 9.17) is 0 Å². The number of rotatable bonds is 4. The van der Waals surface area contributed by atoms with Crippen LogP contribution in [-0.2, 0) is 4.79 Å². The predicted molar refractivity (Wildman–Crippen MR) is 111 cm³/mol. The van der Waals surface area contributed by atoms with Gasteiger partial charge in [-0.05, 0) is 41.1 Å². The van der Waals surface area contributed by atoms with Crippen LogP contribution in [0.5, 0.6) is 0 Å². The standard InChI is InChI=1S/C24H20FNO2/c1-15(2)23-20(11-12-21(27)28)22(17-7-9-18(25)10-8-17)24-19-6-4-3-5-16(19)13-14-26(23)24/h3-15H,1-2H3,(H,27,28). The maximum absolute atomic E-state index is 13.6. The molecule has 140 valence electrons. The van der Waals surface area contributed by atoms with Gasteiger partial charge in [0.05, 0.1) is 5.52 Å². The molecule has 0 radical (unpaired) electrons. The number of pyridine rings is 1. The Morgan fingerprint density at radius 1 is 1.07 bits per heavy atom. The second kappa shape index (κ2) is 6.97. The molecule has 4 aromatic rings. The van der Waals surface area contributed by atoms with Crippen LogP contribution in [0.15, 0.2) is 66.9 Å². The third-order valence-electron chi connectivity index (χ3n) is 4.97. The summed E-state index contributed by atoms with van der Waals surface area (Å²) in [6, 6.07) is 16.5. The molecule has 2 heterocycles. The van der Waals surface area contributed by atoms with Crippen molar-refractivity contribution in [2.24, 2.45) is 0 Å². The zero-order valence-corrected chi connectivity index (χ0v) is 15.7. The third-order valence-corrected chi connectivity index (χ3v) is 4.97. The summed E-state index contributed by atoms with van der Waals surface area (Å²) in [6.45, 7) is 4.17. The zero-order valence-electron chi connectivity index (χ0n) is 15.7. The topological polar surface area (TPSA) is 41.7 Å². The quantitative estimate of drug-likeness (QED) is 0.438. The molecule has 1 N–H and O–H groups in total. The summed E-state index contributed by atoms with van der Waals surface area (Å²) in [7, 11) is 0. The van der Waals surface area contributed by atoms with E-state index >= 15 is 0 Å². The van der Waals surface area contributed by atoms with E-state index in [1.807, 2.05) is 18.3 Å². The van der Waals surface area contributed by atoms with Gasteiger partial charge in [0.25, 0.3) is 0 Å². The number of carbonyl (C=O) groups is 1. The summed E-state index contributed by atoms with van der Waals surface area (Å²) in [5.41, 5.74) is 4.64. The highest BCUT2D eigenvalue weighted by Crippen LogP contribution is 2.40. The van der Waals surface area contributed by atoms with E-state index in [9.17, 15) is 14.3 Å². The SMILES string of the molecule is CC(C)c1c(C=CC(=O)O)c(-c2ccc(F)cc2)c2c3ccccc3ccn12. The van der Waals surface area contributed by atoms with Crippen LogP contribution in [0.3, 0.4) is 0 Å². The zero-order chi connectivity index (χ0) is 19.8. The number of nitrogens with zero attached hydrogens (tertiary/aromatic N) is 1. The van der Waals surface area contributed by atoms with E-state index in [1.54, 1.807) is 18.2 Å². The molecule has 0 aliphatic rings. The number of hydrogen-bond acceptors (Lipinski definition) is 1. The van der Waals surface area contributed by atoms with Crippen LogP contribution in [0.4, 0.5) is 4.39 Å². The molecule has 0 aliphatic carbocycles. The van der Waals surface area contributed by atoms with Gasteiger partial charge in [0.2, 0.25) is 0 Å². The molecule has 2 aromatic carbocycles. The Balaban J connectivity index is 2.21. The Hall–Kier alpha value is -3.40. The Morgan fingerprint density at radius 3 is 2.46 bits per heavy atom. The molecule has 0 bridgehead atoms. The molecular formula is C24H20FNO2. The van der Waals surface area contributed by atoms with Crippen molar-refractivity contribution in [2.45, 2.75) is 19.8 Å². The molecule has 0 atom stereocenters. The Morgan fingerprint density at radius 2 is 1.79 bits per heavy atom. The first-order valence-electron chi connectivity index (χ1n) is 9.20. The van der Waals surface area contributed by atoms with Gasteiger partial charge in [0.1, 0.15) is 5.82 Å². The Labute approximate surface area is 162 Å². The van der Waals surface area contributed by atoms with Crippen molar-refractivity contribution >= 4 is 28.3 Å². The van der Waals surface area contributed by atoms with Gasteiger partial charge < -0.3 is 9.51 Å². The molecule has 4 rings (SSSR count). The molecule has 0 saturated heterocycles. The minimum absolute atomic E-state index is 0.163. The number of halogens is 1. The molecule has 2 aromatic heterocycles. The lowest BCUT2D eigenvalue weighted by Crippen LogP contribution is -1.97. The second-order valence-electron chi connectivity index (χ2n) is 7.13. The monoisotopic (exact) mass is 373 g/mol. The van der Waals surface area contributed by atoms with Gasteiger partial charge in [-0.3, -0.25) is 0 Å². The van der Waals surface area contributed by atoms with Gasteiger partial charge in [-0.1, -0.05) is 50.2 Å². The lowest BCUT2D eigenvalue weighted by Gasteiger charge is -2.09. The second-order valence-corrected chi connectivity index (χ2v) is 7.13. The molecule has 28 heavy (non-hydrogen) atoms. The van der Waals surface area contributed by atoms with Crippen molar-refractivity contribution in [3.05, 3.63) is 83.9 Å². The molecule has 4 heteroatoms. The number of carboxylic acid groups (broad SMARTS) is 1. The summed E-state index contributed by atoms with van der Waals surface area (Å²) < 4.78 is 15.7. The minimum atomic E-state index is -1.00. The average Bonchev–Trinajstić information content (AvgIpc) is 3.02. The number of aliphatic carboxylic acids is 1. The van der Waals surface area contributed by atoms with Crippen LogP contribution in [0.2, 0.25) is 0 Å². The normalized spacial score (nSPS) is 11.9. The molecule has 0 fully saturated rings. The van der Waals surface area contributed by atoms with Gasteiger partial charge in [-0.15, -0.1) is 0 Å². The Kier molecular flexibility index (Phi) is 4.47. The third kappa shape index (κ3) is 2.97. The maximum Gasteiger partial charge on any atom is 0.328 e. The van der Waals surface area contributed by atoms with Crippen LogP contribution >= 0.6 is 0 Å². The van der Waals surface area contributed by atoms with E-state index in [1.165, 1.54) is 12.1 Å². The van der Waals surface area contributed by atoms with E-state index < -0.39 is 5.97 Å². The maximum atomic E-state index is 13.6. The molecule has 0 amide bonds. The minimum Gasteiger partial charge on any atom is -0.478 e. The lowest BCUT2D eigenvalue weighted by atomic mass is 9.96. The molecule has 0 spiro atoms. The summed E-state index contributed by atoms with van der Waals surface area (Å²) in [4.78, 5) is 11.2. The van der Waals surface area contributed by atoms with E-state index in [0.717, 1.165) is 44.7 Å². The number of carboxylic acids is 1. The molecule has 0 unspecified atom stereocenters. The summed E-state index contributed by atoms with van der Waals surface area (Å²) in [5.74, 6) is -1.14. The number of benzene rings is 2. The number of fused-ring (bicyclic) bond motifs is 3. The van der Waals surface area contributed by atoms with Gasteiger partial charge in [0.15, 0.2) is 0 Å². The molecule has 3 nitrogen and oxygen atoms in total. The first-order valence-corrected chi connectivity index (χ1v) is 9.20. The van der Waals surface area contributed by atoms with Crippen LogP contribution in [-0.4, -0.2) is 15.5 Å². The largest absolute Gasteiger partial charge is 0.478 e. The van der Waals surface area contributed by atoms with Gasteiger partial charge in [0, 0.05) is 34.5 Å². The summed E-state index contributed by atoms with van der Waals surface area (Å²) in [5, 5.41) is 11.4. The van der Waals surface area contributed by atoms with E-state index in [2.05, 4.69) is 36.4 Å². The van der Waals surface area contributed by atoms with Crippen LogP contribution in [0.1, 0.15) is 31.0 Å². The van der Waals surface area contributed by atoms with Crippen molar-refractivity contribution < 1.29 is 14.3 Å². The molecule has 0 saturated carbocycles. The molecule has 0 aliphatic heterocycles. The van der Waals surface area contributed by atoms with Gasteiger partial charge in [-0.25, -0.2) is 9.18 Å². The smallest absolute Gasteiger partial charge is 0.328 e. The highest BCUT2D eigenvalue weighted by Gasteiger charge is 2.21. The fourth-order valence-corrected chi connectivity index (χ4v) is 3.88. The predicted octanol–water partition coefficient (Wildman–Crippen LogP) is 6.12. The van der Waals surface area contributed by atoms with E-state index in [-0.39, 0.29) is 11.7 Å². The van der Waals surface area contributed by atoms with Crippen LogP contribution < -0.4 is 0 Å². The van der Waals surface area contributed by atoms with Crippen molar-refractivity contribution in [2.75, 3.05) is 0 Å². The van der Waals surface area contributed by atoms with Crippen molar-refractivity contribution in [3.63, 3.8) is 0 Å². The highest BCUT2D eigenvalue weighted by atomic mass is 19.1.